The van der Waals surface area contributed by atoms with Gasteiger partial charge in [-0.15, -0.1) is 0 Å². The predicted molar refractivity (Wildman–Crippen MR) is 134 cm³/mol. The third-order valence-electron chi connectivity index (χ3n) is 5.67. The number of hydrogen-bond acceptors (Lipinski definition) is 4. The van der Waals surface area contributed by atoms with Gasteiger partial charge in [-0.25, -0.2) is 4.98 Å². The summed E-state index contributed by atoms with van der Waals surface area (Å²) in [4.78, 5) is 9.39. The Kier molecular flexibility index (Phi) is 6.32. The van der Waals surface area contributed by atoms with E-state index < -0.39 is 13.7 Å². The van der Waals surface area contributed by atoms with Gasteiger partial charge in [-0.05, 0) is 56.6 Å². The molecule has 166 valence electrons. The van der Waals surface area contributed by atoms with Crippen molar-refractivity contribution in [2.75, 3.05) is 6.16 Å². The van der Waals surface area contributed by atoms with E-state index in [2.05, 4.69) is 65.6 Å². The maximum absolute atomic E-state index is 6.47. The van der Waals surface area contributed by atoms with Gasteiger partial charge in [-0.2, -0.15) is 0 Å². The fraction of sp³-hybridized carbons (Fsp3) is 0.214. The van der Waals surface area contributed by atoms with Gasteiger partial charge in [-0.1, -0.05) is 72.8 Å². The Bertz CT molecular complexity index is 1150. The molecule has 2 unspecified atom stereocenters. The molecule has 4 nitrogen and oxygen atoms in total. The summed E-state index contributed by atoms with van der Waals surface area (Å²) in [6, 6.07) is 33.3. The van der Waals surface area contributed by atoms with E-state index in [4.69, 9.17) is 14.5 Å². The molecule has 33 heavy (non-hydrogen) atoms. The molecule has 0 aliphatic carbocycles. The fourth-order valence-electron chi connectivity index (χ4n) is 4.24. The van der Waals surface area contributed by atoms with Gasteiger partial charge in [0.1, 0.15) is 6.10 Å². The summed E-state index contributed by atoms with van der Waals surface area (Å²) in [5.74, 6) is -0.674. The third kappa shape index (κ3) is 5.04. The smallest absolute Gasteiger partial charge is 0.164 e. The van der Waals surface area contributed by atoms with Crippen molar-refractivity contribution in [1.29, 1.82) is 0 Å². The second kappa shape index (κ2) is 9.52. The van der Waals surface area contributed by atoms with E-state index in [0.717, 1.165) is 23.2 Å². The number of aromatic nitrogens is 2. The minimum Gasteiger partial charge on any atom is -0.344 e. The Morgan fingerprint density at radius 1 is 0.727 bits per heavy atom. The molecule has 0 N–H and O–H groups in total. The zero-order chi connectivity index (χ0) is 22.7. The molecule has 0 spiro atoms. The zero-order valence-corrected chi connectivity index (χ0v) is 19.7. The summed E-state index contributed by atoms with van der Waals surface area (Å²) < 4.78 is 12.9. The first-order chi connectivity index (χ1) is 16.1. The van der Waals surface area contributed by atoms with E-state index in [-0.39, 0.29) is 12.2 Å². The molecule has 1 aliphatic heterocycles. The maximum atomic E-state index is 6.47. The van der Waals surface area contributed by atoms with Crippen LogP contribution in [0.25, 0.3) is 11.4 Å². The summed E-state index contributed by atoms with van der Waals surface area (Å²) >= 11 is 0. The summed E-state index contributed by atoms with van der Waals surface area (Å²) in [6.45, 7) is 3.96. The van der Waals surface area contributed by atoms with Crippen molar-refractivity contribution in [3.05, 3.63) is 109 Å². The second-order valence-corrected chi connectivity index (χ2v) is 10.8. The molecule has 1 aliphatic rings. The first kappa shape index (κ1) is 21.9. The average molecular weight is 455 g/mol. The highest BCUT2D eigenvalue weighted by molar-refractivity contribution is 7.73. The Hall–Kier alpha value is -2.91. The van der Waals surface area contributed by atoms with E-state index in [1.807, 2.05) is 50.2 Å². The van der Waals surface area contributed by atoms with Gasteiger partial charge in [-0.3, -0.25) is 4.98 Å². The molecule has 0 amide bonds. The maximum Gasteiger partial charge on any atom is 0.164 e. The lowest BCUT2D eigenvalue weighted by atomic mass is 10.1. The van der Waals surface area contributed by atoms with Crippen LogP contribution in [0, 0.1) is 0 Å². The van der Waals surface area contributed by atoms with Crippen molar-refractivity contribution < 1.29 is 9.47 Å². The molecule has 2 aromatic heterocycles. The van der Waals surface area contributed by atoms with E-state index in [1.54, 1.807) is 6.20 Å². The fourth-order valence-corrected chi connectivity index (χ4v) is 6.65. The van der Waals surface area contributed by atoms with Gasteiger partial charge in [0.25, 0.3) is 0 Å². The van der Waals surface area contributed by atoms with Crippen LogP contribution in [0.4, 0.5) is 0 Å². The summed E-state index contributed by atoms with van der Waals surface area (Å²) in [7, 11) is -0.617. The molecule has 1 saturated heterocycles. The number of ether oxygens (including phenoxy) is 2. The predicted octanol–water partition coefficient (Wildman–Crippen LogP) is 5.47. The van der Waals surface area contributed by atoms with Crippen LogP contribution in [0.15, 0.2) is 103 Å². The molecule has 0 radical (unpaired) electrons. The van der Waals surface area contributed by atoms with Crippen LogP contribution in [0.2, 0.25) is 0 Å². The normalized spacial score (nSPS) is 19.6. The number of nitrogens with zero attached hydrogens (tertiary/aromatic N) is 2. The lowest BCUT2D eigenvalue weighted by molar-refractivity contribution is -0.145. The first-order valence-electron chi connectivity index (χ1n) is 11.2. The summed E-state index contributed by atoms with van der Waals surface area (Å²) in [5.41, 5.74) is 2.57. The Labute approximate surface area is 196 Å². The minimum absolute atomic E-state index is 0.113. The molecule has 4 aromatic rings. The topological polar surface area (TPSA) is 44.2 Å². The lowest BCUT2D eigenvalue weighted by Crippen LogP contribution is -2.27. The van der Waals surface area contributed by atoms with Crippen LogP contribution in [0.5, 0.6) is 0 Å². The largest absolute Gasteiger partial charge is 0.344 e. The van der Waals surface area contributed by atoms with Crippen molar-refractivity contribution in [3.8, 4) is 11.4 Å². The molecule has 3 heterocycles. The van der Waals surface area contributed by atoms with Crippen molar-refractivity contribution in [3.63, 3.8) is 0 Å². The molecule has 0 bridgehead atoms. The first-order valence-corrected chi connectivity index (χ1v) is 12.7. The number of pyridine rings is 2. The van der Waals surface area contributed by atoms with Crippen LogP contribution in [0.1, 0.15) is 25.6 Å². The van der Waals surface area contributed by atoms with Gasteiger partial charge in [0.2, 0.25) is 0 Å². The molecule has 0 saturated carbocycles. The van der Waals surface area contributed by atoms with Gasteiger partial charge < -0.3 is 9.47 Å². The molecule has 2 aromatic carbocycles. The highest BCUT2D eigenvalue weighted by Crippen LogP contribution is 2.44. The van der Waals surface area contributed by atoms with Gasteiger partial charge in [0.05, 0.1) is 23.2 Å². The van der Waals surface area contributed by atoms with Crippen LogP contribution >= 0.6 is 7.92 Å². The van der Waals surface area contributed by atoms with E-state index >= 15 is 0 Å². The van der Waals surface area contributed by atoms with Crippen LogP contribution in [-0.2, 0) is 9.47 Å². The monoisotopic (exact) mass is 454 g/mol. The zero-order valence-electron chi connectivity index (χ0n) is 18.8. The minimum atomic E-state index is -0.674. The van der Waals surface area contributed by atoms with Crippen LogP contribution < -0.4 is 10.6 Å². The van der Waals surface area contributed by atoms with Crippen LogP contribution in [-0.4, -0.2) is 28.0 Å². The summed E-state index contributed by atoms with van der Waals surface area (Å²) in [5, 5.41) is 2.67. The highest BCUT2D eigenvalue weighted by atomic mass is 31.1. The number of rotatable bonds is 6. The van der Waals surface area contributed by atoms with Crippen molar-refractivity contribution in [1.82, 2.24) is 9.97 Å². The quantitative estimate of drug-likeness (QED) is 0.363. The molecular weight excluding hydrogens is 427 g/mol. The molecule has 5 heteroatoms. The van der Waals surface area contributed by atoms with E-state index in [0.29, 0.717) is 0 Å². The molecule has 5 rings (SSSR count). The van der Waals surface area contributed by atoms with Gasteiger partial charge >= 0.3 is 0 Å². The second-order valence-electron chi connectivity index (χ2n) is 8.54. The lowest BCUT2D eigenvalue weighted by Gasteiger charge is -2.24. The third-order valence-corrected chi connectivity index (χ3v) is 8.24. The standard InChI is InChI=1S/C28H27N2O2P/c1-28(2)31-26(20-33(21-12-5-3-6-13-21)22-14-7-4-8-15-22)27(32-28)25-18-11-17-24(30-25)23-16-9-10-19-29-23/h3-19,26-27H,20H2,1-2H3. The highest BCUT2D eigenvalue weighted by Gasteiger charge is 2.44. The van der Waals surface area contributed by atoms with Crippen LogP contribution in [0.3, 0.4) is 0 Å². The van der Waals surface area contributed by atoms with E-state index in [1.165, 1.54) is 10.6 Å². The molecule has 1 fully saturated rings. The molecular formula is C28H27N2O2P. The SMILES string of the molecule is CC1(C)OC(CP(c2ccccc2)c2ccccc2)C(c2cccc(-c3ccccn3)n2)O1. The Balaban J connectivity index is 1.49. The van der Waals surface area contributed by atoms with Gasteiger partial charge in [0.15, 0.2) is 5.79 Å². The Morgan fingerprint density at radius 3 is 2.00 bits per heavy atom. The van der Waals surface area contributed by atoms with E-state index in [9.17, 15) is 0 Å². The van der Waals surface area contributed by atoms with Crippen molar-refractivity contribution in [2.45, 2.75) is 31.8 Å². The summed E-state index contributed by atoms with van der Waals surface area (Å²) in [6.07, 6.45) is 2.28. The average Bonchev–Trinajstić information content (AvgIpc) is 3.18. The Morgan fingerprint density at radius 2 is 1.36 bits per heavy atom. The van der Waals surface area contributed by atoms with Gasteiger partial charge in [0, 0.05) is 12.4 Å². The van der Waals surface area contributed by atoms with Crippen molar-refractivity contribution >= 4 is 18.5 Å². The number of benzene rings is 2. The van der Waals surface area contributed by atoms with Crippen molar-refractivity contribution in [2.24, 2.45) is 0 Å². The molecule has 2 atom stereocenters. The number of hydrogen-bond donors (Lipinski definition) is 0.